The van der Waals surface area contributed by atoms with E-state index in [-0.39, 0.29) is 18.6 Å². The third kappa shape index (κ3) is 2.23. The molecule has 0 saturated heterocycles. The molecule has 0 unspecified atom stereocenters. The Balaban J connectivity index is 2.32. The van der Waals surface area contributed by atoms with Crippen LogP contribution in [0.3, 0.4) is 0 Å². The van der Waals surface area contributed by atoms with Crippen molar-refractivity contribution < 1.29 is 14.6 Å². The lowest BCUT2D eigenvalue weighted by molar-refractivity contribution is -0.139. The molecule has 0 fully saturated rings. The Morgan fingerprint density at radius 1 is 1.92 bits per heavy atom. The van der Waals surface area contributed by atoms with E-state index in [0.717, 1.165) is 12.0 Å². The summed E-state index contributed by atoms with van der Waals surface area (Å²) in [5.41, 5.74) is 0.987. The lowest BCUT2D eigenvalue weighted by Gasteiger charge is -2.05. The maximum atomic E-state index is 10.8. The van der Waals surface area contributed by atoms with Gasteiger partial charge in [-0.25, -0.2) is 0 Å². The van der Waals surface area contributed by atoms with Crippen molar-refractivity contribution in [3.05, 3.63) is 11.8 Å². The van der Waals surface area contributed by atoms with Crippen LogP contribution in [0.5, 0.6) is 0 Å². The highest BCUT2D eigenvalue weighted by atomic mass is 16.5. The first-order valence-electron chi connectivity index (χ1n) is 3.88. The number of hydrogen-bond donors (Lipinski definition) is 2. The molecule has 0 spiro atoms. The lowest BCUT2D eigenvalue weighted by atomic mass is 10.1. The van der Waals surface area contributed by atoms with E-state index in [1.165, 1.54) is 7.11 Å². The number of methoxy groups -OCH3 is 1. The molecule has 12 heavy (non-hydrogen) atoms. The van der Waals surface area contributed by atoms with Gasteiger partial charge in [0.15, 0.2) is 0 Å². The molecule has 0 aliphatic carbocycles. The Kier molecular flexibility index (Phi) is 3.10. The molecule has 1 heterocycles. The summed E-state index contributed by atoms with van der Waals surface area (Å²) in [6.07, 6.45) is 2.82. The van der Waals surface area contributed by atoms with Crippen LogP contribution >= 0.6 is 0 Å². The Labute approximate surface area is 71.2 Å². The molecular weight excluding hydrogens is 158 g/mol. The Hall–Kier alpha value is -1.03. The lowest BCUT2D eigenvalue weighted by Crippen LogP contribution is -2.23. The summed E-state index contributed by atoms with van der Waals surface area (Å²) in [6, 6.07) is 0.0738. The van der Waals surface area contributed by atoms with Gasteiger partial charge in [-0.3, -0.25) is 4.79 Å². The van der Waals surface area contributed by atoms with Crippen molar-refractivity contribution in [2.24, 2.45) is 0 Å². The molecule has 1 aliphatic rings. The summed E-state index contributed by atoms with van der Waals surface area (Å²) in [7, 11) is 1.37. The highest BCUT2D eigenvalue weighted by molar-refractivity contribution is 5.72. The highest BCUT2D eigenvalue weighted by Crippen LogP contribution is 2.15. The van der Waals surface area contributed by atoms with E-state index < -0.39 is 0 Å². The topological polar surface area (TPSA) is 58.6 Å². The SMILES string of the molecule is COC(=O)CC1=CN[C@H](CO)C1. The fourth-order valence-electron chi connectivity index (χ4n) is 1.17. The summed E-state index contributed by atoms with van der Waals surface area (Å²) in [6.45, 7) is 0.0984. The zero-order valence-electron chi connectivity index (χ0n) is 7.04. The van der Waals surface area contributed by atoms with E-state index in [1.807, 2.05) is 0 Å². The van der Waals surface area contributed by atoms with E-state index in [0.29, 0.717) is 6.42 Å². The van der Waals surface area contributed by atoms with E-state index in [9.17, 15) is 4.79 Å². The number of carbonyl (C=O) groups excluding carboxylic acids is 1. The van der Waals surface area contributed by atoms with Crippen LogP contribution in [0, 0.1) is 0 Å². The van der Waals surface area contributed by atoms with Gasteiger partial charge in [-0.2, -0.15) is 0 Å². The zero-order valence-corrected chi connectivity index (χ0v) is 7.04. The predicted octanol–water partition coefficient (Wildman–Crippen LogP) is -0.212. The zero-order chi connectivity index (χ0) is 8.97. The first kappa shape index (κ1) is 9.06. The van der Waals surface area contributed by atoms with Crippen LogP contribution in [-0.4, -0.2) is 30.8 Å². The third-order valence-electron chi connectivity index (χ3n) is 1.85. The van der Waals surface area contributed by atoms with Gasteiger partial charge in [0.25, 0.3) is 0 Å². The predicted molar refractivity (Wildman–Crippen MR) is 43.3 cm³/mol. The van der Waals surface area contributed by atoms with E-state index in [1.54, 1.807) is 6.20 Å². The standard InChI is InChI=1S/C8H13NO3/c1-12-8(11)3-6-2-7(5-10)9-4-6/h4,7,9-10H,2-3,5H2,1H3/t7-/m0/s1. The smallest absolute Gasteiger partial charge is 0.309 e. The second kappa shape index (κ2) is 4.11. The molecule has 0 radical (unpaired) electrons. The van der Waals surface area contributed by atoms with Gasteiger partial charge in [0.1, 0.15) is 0 Å². The number of ether oxygens (including phenoxy) is 1. The van der Waals surface area contributed by atoms with Crippen LogP contribution in [0.4, 0.5) is 0 Å². The van der Waals surface area contributed by atoms with Crippen molar-refractivity contribution in [2.75, 3.05) is 13.7 Å². The molecule has 0 aromatic carbocycles. The Morgan fingerprint density at radius 3 is 3.17 bits per heavy atom. The molecule has 1 aliphatic heterocycles. The average molecular weight is 171 g/mol. The van der Waals surface area contributed by atoms with Crippen LogP contribution in [0.1, 0.15) is 12.8 Å². The van der Waals surface area contributed by atoms with Crippen LogP contribution < -0.4 is 5.32 Å². The molecule has 1 rings (SSSR count). The van der Waals surface area contributed by atoms with Crippen molar-refractivity contribution in [1.29, 1.82) is 0 Å². The van der Waals surface area contributed by atoms with Gasteiger partial charge >= 0.3 is 5.97 Å². The molecular formula is C8H13NO3. The number of hydrogen-bond acceptors (Lipinski definition) is 4. The second-order valence-corrected chi connectivity index (χ2v) is 2.81. The van der Waals surface area contributed by atoms with Gasteiger partial charge in [0.2, 0.25) is 0 Å². The number of rotatable bonds is 3. The van der Waals surface area contributed by atoms with Gasteiger partial charge < -0.3 is 15.2 Å². The Bertz CT molecular complexity index is 200. The third-order valence-corrected chi connectivity index (χ3v) is 1.85. The minimum absolute atomic E-state index is 0.0738. The van der Waals surface area contributed by atoms with Crippen molar-refractivity contribution in [2.45, 2.75) is 18.9 Å². The van der Waals surface area contributed by atoms with E-state index >= 15 is 0 Å². The summed E-state index contributed by atoms with van der Waals surface area (Å²) in [4.78, 5) is 10.8. The normalized spacial score (nSPS) is 21.5. The quantitative estimate of drug-likeness (QED) is 0.577. The number of nitrogens with one attached hydrogen (secondary N) is 1. The Morgan fingerprint density at radius 2 is 2.67 bits per heavy atom. The summed E-state index contributed by atoms with van der Waals surface area (Å²) in [5, 5.41) is 11.7. The van der Waals surface area contributed by atoms with Crippen LogP contribution in [-0.2, 0) is 9.53 Å². The molecule has 1 atom stereocenters. The van der Waals surface area contributed by atoms with Gasteiger partial charge in [-0.1, -0.05) is 0 Å². The van der Waals surface area contributed by atoms with Crippen LogP contribution in [0.15, 0.2) is 11.8 Å². The molecule has 0 amide bonds. The minimum Gasteiger partial charge on any atom is -0.469 e. The van der Waals surface area contributed by atoms with Crippen molar-refractivity contribution in [1.82, 2.24) is 5.32 Å². The summed E-state index contributed by atoms with van der Waals surface area (Å²) < 4.78 is 4.51. The average Bonchev–Trinajstić information content (AvgIpc) is 2.52. The molecule has 0 aromatic rings. The van der Waals surface area contributed by atoms with E-state index in [2.05, 4.69) is 10.1 Å². The largest absolute Gasteiger partial charge is 0.469 e. The fourth-order valence-corrected chi connectivity index (χ4v) is 1.17. The van der Waals surface area contributed by atoms with Crippen molar-refractivity contribution in [3.63, 3.8) is 0 Å². The molecule has 0 saturated carbocycles. The molecule has 0 aromatic heterocycles. The molecule has 2 N–H and O–H groups in total. The van der Waals surface area contributed by atoms with Gasteiger partial charge in [0.05, 0.1) is 26.2 Å². The van der Waals surface area contributed by atoms with Crippen molar-refractivity contribution in [3.8, 4) is 0 Å². The van der Waals surface area contributed by atoms with Gasteiger partial charge in [-0.15, -0.1) is 0 Å². The molecule has 0 bridgehead atoms. The summed E-state index contributed by atoms with van der Waals surface area (Å²) >= 11 is 0. The first-order valence-corrected chi connectivity index (χ1v) is 3.88. The van der Waals surface area contributed by atoms with Crippen LogP contribution in [0.2, 0.25) is 0 Å². The number of aliphatic hydroxyl groups excluding tert-OH is 1. The van der Waals surface area contributed by atoms with Gasteiger partial charge in [0, 0.05) is 0 Å². The van der Waals surface area contributed by atoms with Crippen molar-refractivity contribution >= 4 is 5.97 Å². The monoisotopic (exact) mass is 171 g/mol. The van der Waals surface area contributed by atoms with E-state index in [4.69, 9.17) is 5.11 Å². The number of aliphatic hydroxyl groups is 1. The molecule has 4 nitrogen and oxygen atoms in total. The first-order chi connectivity index (χ1) is 5.76. The molecule has 68 valence electrons. The number of esters is 1. The summed E-state index contributed by atoms with van der Waals surface area (Å²) in [5.74, 6) is -0.235. The van der Waals surface area contributed by atoms with Crippen LogP contribution in [0.25, 0.3) is 0 Å². The second-order valence-electron chi connectivity index (χ2n) is 2.81. The number of carbonyl (C=O) groups is 1. The minimum atomic E-state index is -0.235. The highest BCUT2D eigenvalue weighted by Gasteiger charge is 2.17. The fraction of sp³-hybridized carbons (Fsp3) is 0.625. The van der Waals surface area contributed by atoms with Gasteiger partial charge in [-0.05, 0) is 18.2 Å². The maximum Gasteiger partial charge on any atom is 0.309 e. The maximum absolute atomic E-state index is 10.8. The molecule has 4 heteroatoms.